The van der Waals surface area contributed by atoms with E-state index < -0.39 is 5.60 Å². The summed E-state index contributed by atoms with van der Waals surface area (Å²) in [6, 6.07) is 0.589. The Morgan fingerprint density at radius 3 is 2.90 bits per heavy atom. The number of nitrogens with zero attached hydrogens (tertiary/aromatic N) is 2. The molecule has 0 aromatic carbocycles. The number of ether oxygens (including phenoxy) is 1. The predicted molar refractivity (Wildman–Crippen MR) is 80.9 cm³/mol. The molecule has 2 heterocycles. The number of aromatic amines is 1. The number of carbonyl (C=O) groups excluding carboxylic acids is 1. The molecule has 6 heteroatoms. The molecule has 2 atom stereocenters. The molecule has 118 valence electrons. The molecular weight excluding hydrogens is 268 g/mol. The molecule has 2 N–H and O–H groups in total. The first-order chi connectivity index (χ1) is 9.85. The van der Waals surface area contributed by atoms with E-state index in [1.807, 2.05) is 31.9 Å². The normalized spacial score (nSPS) is 23.1. The lowest BCUT2D eigenvalue weighted by molar-refractivity contribution is 0.00930. The summed E-state index contributed by atoms with van der Waals surface area (Å²) in [6.45, 7) is 9.22. The van der Waals surface area contributed by atoms with Gasteiger partial charge in [0.2, 0.25) is 0 Å². The number of carbonyl (C=O) groups is 1. The molecule has 1 amide bonds. The molecule has 1 aromatic rings. The molecular formula is C15H26N4O2. The quantitative estimate of drug-likeness (QED) is 0.897. The van der Waals surface area contributed by atoms with Crippen LogP contribution in [-0.2, 0) is 11.3 Å². The van der Waals surface area contributed by atoms with Gasteiger partial charge in [-0.25, -0.2) is 9.78 Å². The molecule has 2 unspecified atom stereocenters. The summed E-state index contributed by atoms with van der Waals surface area (Å²) in [5.41, 5.74) is -0.439. The SMILES string of the molecule is CC1CC(NCc2ncc[nH]2)CCN1C(=O)OC(C)(C)C. The van der Waals surface area contributed by atoms with Gasteiger partial charge in [0.15, 0.2) is 0 Å². The van der Waals surface area contributed by atoms with Gasteiger partial charge in [-0.1, -0.05) is 0 Å². The van der Waals surface area contributed by atoms with E-state index in [-0.39, 0.29) is 12.1 Å². The number of piperidine rings is 1. The second kappa shape index (κ2) is 6.47. The first-order valence-electron chi connectivity index (χ1n) is 7.56. The molecule has 0 bridgehead atoms. The number of nitrogens with one attached hydrogen (secondary N) is 2. The van der Waals surface area contributed by atoms with Gasteiger partial charge in [-0.3, -0.25) is 0 Å². The Bertz CT molecular complexity index is 453. The van der Waals surface area contributed by atoms with E-state index in [2.05, 4.69) is 22.2 Å². The molecule has 0 saturated carbocycles. The molecule has 0 spiro atoms. The smallest absolute Gasteiger partial charge is 0.410 e. The summed E-state index contributed by atoms with van der Waals surface area (Å²) < 4.78 is 5.45. The van der Waals surface area contributed by atoms with E-state index >= 15 is 0 Å². The second-order valence-electron chi connectivity index (χ2n) is 6.66. The van der Waals surface area contributed by atoms with Crippen molar-refractivity contribution in [3.05, 3.63) is 18.2 Å². The number of amides is 1. The fourth-order valence-electron chi connectivity index (χ4n) is 2.58. The third kappa shape index (κ3) is 4.74. The summed E-state index contributed by atoms with van der Waals surface area (Å²) >= 11 is 0. The number of hydrogen-bond donors (Lipinski definition) is 2. The van der Waals surface area contributed by atoms with E-state index in [1.54, 1.807) is 6.20 Å². The number of likely N-dealkylation sites (tertiary alicyclic amines) is 1. The van der Waals surface area contributed by atoms with Crippen molar-refractivity contribution in [1.29, 1.82) is 0 Å². The lowest BCUT2D eigenvalue weighted by Crippen LogP contribution is -2.50. The average molecular weight is 294 g/mol. The number of hydrogen-bond acceptors (Lipinski definition) is 4. The zero-order valence-electron chi connectivity index (χ0n) is 13.3. The minimum absolute atomic E-state index is 0.183. The van der Waals surface area contributed by atoms with Crippen molar-refractivity contribution >= 4 is 6.09 Å². The van der Waals surface area contributed by atoms with Crippen LogP contribution in [0.2, 0.25) is 0 Å². The first-order valence-corrected chi connectivity index (χ1v) is 7.56. The van der Waals surface area contributed by atoms with Crippen LogP contribution in [0, 0.1) is 0 Å². The molecule has 1 aromatic heterocycles. The Labute approximate surface area is 126 Å². The monoisotopic (exact) mass is 294 g/mol. The third-order valence-electron chi connectivity index (χ3n) is 3.62. The predicted octanol–water partition coefficient (Wildman–Crippen LogP) is 2.29. The molecule has 1 aliphatic rings. The molecule has 0 radical (unpaired) electrons. The van der Waals surface area contributed by atoms with E-state index in [0.29, 0.717) is 6.04 Å². The lowest BCUT2D eigenvalue weighted by Gasteiger charge is -2.38. The fourth-order valence-corrected chi connectivity index (χ4v) is 2.58. The van der Waals surface area contributed by atoms with Gasteiger partial charge in [0.25, 0.3) is 0 Å². The Morgan fingerprint density at radius 1 is 1.57 bits per heavy atom. The topological polar surface area (TPSA) is 70.2 Å². The molecule has 1 fully saturated rings. The molecule has 21 heavy (non-hydrogen) atoms. The van der Waals surface area contributed by atoms with Gasteiger partial charge in [0.05, 0.1) is 6.54 Å². The molecule has 6 nitrogen and oxygen atoms in total. The number of imidazole rings is 1. The van der Waals surface area contributed by atoms with Crippen molar-refractivity contribution in [1.82, 2.24) is 20.2 Å². The summed E-state index contributed by atoms with van der Waals surface area (Å²) in [4.78, 5) is 21.3. The average Bonchev–Trinajstić information content (AvgIpc) is 2.87. The zero-order chi connectivity index (χ0) is 15.5. The Hall–Kier alpha value is -1.56. The van der Waals surface area contributed by atoms with Crippen LogP contribution < -0.4 is 5.32 Å². The van der Waals surface area contributed by atoms with Gasteiger partial charge in [-0.15, -0.1) is 0 Å². The maximum absolute atomic E-state index is 12.1. The van der Waals surface area contributed by atoms with Crippen LogP contribution >= 0.6 is 0 Å². The molecule has 2 rings (SSSR count). The maximum atomic E-state index is 12.1. The molecule has 1 saturated heterocycles. The summed E-state index contributed by atoms with van der Waals surface area (Å²) in [6.07, 6.45) is 5.24. The minimum atomic E-state index is -0.439. The van der Waals surface area contributed by atoms with Crippen LogP contribution in [0.3, 0.4) is 0 Å². The summed E-state index contributed by atoms with van der Waals surface area (Å²) in [5, 5.41) is 3.49. The summed E-state index contributed by atoms with van der Waals surface area (Å²) in [5.74, 6) is 0.942. The van der Waals surface area contributed by atoms with Crippen LogP contribution in [0.5, 0.6) is 0 Å². The van der Waals surface area contributed by atoms with E-state index in [1.165, 1.54) is 0 Å². The van der Waals surface area contributed by atoms with E-state index in [9.17, 15) is 4.79 Å². The highest BCUT2D eigenvalue weighted by molar-refractivity contribution is 5.68. The lowest BCUT2D eigenvalue weighted by atomic mass is 9.99. The van der Waals surface area contributed by atoms with Crippen LogP contribution in [0.25, 0.3) is 0 Å². The number of H-pyrrole nitrogens is 1. The van der Waals surface area contributed by atoms with Crippen molar-refractivity contribution in [2.24, 2.45) is 0 Å². The Morgan fingerprint density at radius 2 is 2.33 bits per heavy atom. The largest absolute Gasteiger partial charge is 0.444 e. The standard InChI is InChI=1S/C15H26N4O2/c1-11-9-12(18-10-13-16-6-7-17-13)5-8-19(11)14(20)21-15(2,3)4/h6-7,11-12,18H,5,8-10H2,1-4H3,(H,16,17). The Balaban J connectivity index is 1.80. The van der Waals surface area contributed by atoms with Crippen LogP contribution in [0.1, 0.15) is 46.4 Å². The van der Waals surface area contributed by atoms with Gasteiger partial charge in [0.1, 0.15) is 11.4 Å². The van der Waals surface area contributed by atoms with E-state index in [4.69, 9.17) is 4.74 Å². The van der Waals surface area contributed by atoms with Gasteiger partial charge >= 0.3 is 6.09 Å². The number of aromatic nitrogens is 2. The highest BCUT2D eigenvalue weighted by atomic mass is 16.6. The highest BCUT2D eigenvalue weighted by Gasteiger charge is 2.31. The minimum Gasteiger partial charge on any atom is -0.444 e. The Kier molecular flexibility index (Phi) is 4.88. The van der Waals surface area contributed by atoms with Crippen LogP contribution in [0.15, 0.2) is 12.4 Å². The van der Waals surface area contributed by atoms with Crippen molar-refractivity contribution < 1.29 is 9.53 Å². The third-order valence-corrected chi connectivity index (χ3v) is 3.62. The van der Waals surface area contributed by atoms with Crippen molar-refractivity contribution in [3.8, 4) is 0 Å². The van der Waals surface area contributed by atoms with Crippen molar-refractivity contribution in [3.63, 3.8) is 0 Å². The van der Waals surface area contributed by atoms with Crippen LogP contribution in [-0.4, -0.2) is 45.2 Å². The van der Waals surface area contributed by atoms with Gasteiger partial charge in [-0.2, -0.15) is 0 Å². The van der Waals surface area contributed by atoms with Crippen molar-refractivity contribution in [2.75, 3.05) is 6.54 Å². The first kappa shape index (κ1) is 15.8. The maximum Gasteiger partial charge on any atom is 0.410 e. The zero-order valence-corrected chi connectivity index (χ0v) is 13.3. The van der Waals surface area contributed by atoms with Gasteiger partial charge in [0, 0.05) is 31.0 Å². The van der Waals surface area contributed by atoms with Crippen LogP contribution in [0.4, 0.5) is 4.79 Å². The second-order valence-corrected chi connectivity index (χ2v) is 6.66. The molecule has 1 aliphatic heterocycles. The highest BCUT2D eigenvalue weighted by Crippen LogP contribution is 2.20. The van der Waals surface area contributed by atoms with E-state index in [0.717, 1.165) is 31.8 Å². The molecule has 0 aliphatic carbocycles. The van der Waals surface area contributed by atoms with Gasteiger partial charge in [-0.05, 0) is 40.5 Å². The van der Waals surface area contributed by atoms with Gasteiger partial charge < -0.3 is 19.9 Å². The fraction of sp³-hybridized carbons (Fsp3) is 0.733. The summed E-state index contributed by atoms with van der Waals surface area (Å²) in [7, 11) is 0. The van der Waals surface area contributed by atoms with Crippen molar-refractivity contribution in [2.45, 2.75) is 64.8 Å². The number of rotatable bonds is 3.